The lowest BCUT2D eigenvalue weighted by Crippen LogP contribution is -2.00. The van der Waals surface area contributed by atoms with E-state index in [1.165, 1.54) is 37.4 Å². The molecule has 121 valence electrons. The van der Waals surface area contributed by atoms with Crippen molar-refractivity contribution in [2.75, 3.05) is 7.11 Å². The number of hydrogen-bond acceptors (Lipinski definition) is 2. The zero-order valence-electron chi connectivity index (χ0n) is 13.1. The Morgan fingerprint density at radius 3 is 2.54 bits per heavy atom. The van der Waals surface area contributed by atoms with Crippen LogP contribution in [0, 0.1) is 17.7 Å². The fourth-order valence-corrected chi connectivity index (χ4v) is 2.42. The van der Waals surface area contributed by atoms with Crippen molar-refractivity contribution in [2.45, 2.75) is 6.61 Å². The number of rotatable bonds is 5. The number of hydrogen-bond donors (Lipinski definition) is 0. The van der Waals surface area contributed by atoms with Crippen molar-refractivity contribution in [3.05, 3.63) is 83.9 Å². The van der Waals surface area contributed by atoms with Crippen LogP contribution in [0.3, 0.4) is 0 Å². The first-order valence-electron chi connectivity index (χ1n) is 7.40. The maximum atomic E-state index is 14.4. The summed E-state index contributed by atoms with van der Waals surface area (Å²) < 4.78 is 38.8. The van der Waals surface area contributed by atoms with Crippen LogP contribution in [-0.2, 0) is 6.61 Å². The molecule has 0 amide bonds. The van der Waals surface area contributed by atoms with Gasteiger partial charge in [0.05, 0.1) is 12.7 Å². The van der Waals surface area contributed by atoms with E-state index >= 15 is 0 Å². The summed E-state index contributed by atoms with van der Waals surface area (Å²) in [6.07, 6.45) is 0. The lowest BCUT2D eigenvalue weighted by atomic mass is 10.0. The average Bonchev–Trinajstić information content (AvgIpc) is 2.61. The van der Waals surface area contributed by atoms with Gasteiger partial charge in [0.2, 0.25) is 0 Å². The van der Waals surface area contributed by atoms with Crippen molar-refractivity contribution < 1.29 is 18.3 Å². The van der Waals surface area contributed by atoms with E-state index in [1.54, 1.807) is 0 Å². The molecular formula is C20H15F2O2. The van der Waals surface area contributed by atoms with E-state index in [0.717, 1.165) is 5.56 Å². The van der Waals surface area contributed by atoms with E-state index in [0.29, 0.717) is 5.56 Å². The van der Waals surface area contributed by atoms with Gasteiger partial charge in [-0.1, -0.05) is 30.3 Å². The highest BCUT2D eigenvalue weighted by Gasteiger charge is 2.17. The van der Waals surface area contributed by atoms with Crippen LogP contribution in [0.25, 0.3) is 11.1 Å². The molecular weight excluding hydrogens is 310 g/mol. The van der Waals surface area contributed by atoms with E-state index in [4.69, 9.17) is 9.47 Å². The quantitative estimate of drug-likeness (QED) is 0.656. The lowest BCUT2D eigenvalue weighted by Gasteiger charge is -2.15. The molecule has 3 aromatic carbocycles. The van der Waals surface area contributed by atoms with E-state index in [1.807, 2.05) is 30.3 Å². The molecule has 0 aliphatic rings. The van der Waals surface area contributed by atoms with E-state index in [9.17, 15) is 8.78 Å². The normalized spacial score (nSPS) is 10.5. The molecule has 0 heterocycles. The Labute approximate surface area is 139 Å². The molecule has 2 nitrogen and oxygen atoms in total. The molecule has 3 rings (SSSR count). The molecule has 0 aromatic heterocycles. The first-order valence-corrected chi connectivity index (χ1v) is 7.40. The van der Waals surface area contributed by atoms with Gasteiger partial charge < -0.3 is 9.47 Å². The van der Waals surface area contributed by atoms with Crippen LogP contribution in [0.2, 0.25) is 0 Å². The smallest absolute Gasteiger partial charge is 0.138 e. The van der Waals surface area contributed by atoms with Gasteiger partial charge in [-0.05, 0) is 29.8 Å². The summed E-state index contributed by atoms with van der Waals surface area (Å²) in [4.78, 5) is 0. The van der Waals surface area contributed by atoms with Gasteiger partial charge in [-0.15, -0.1) is 0 Å². The van der Waals surface area contributed by atoms with Crippen LogP contribution >= 0.6 is 0 Å². The Kier molecular flexibility index (Phi) is 4.75. The lowest BCUT2D eigenvalue weighted by molar-refractivity contribution is 0.305. The number of halogens is 2. The van der Waals surface area contributed by atoms with Crippen LogP contribution in [-0.4, -0.2) is 7.11 Å². The van der Waals surface area contributed by atoms with Crippen molar-refractivity contribution in [3.63, 3.8) is 0 Å². The minimum atomic E-state index is -0.485. The molecule has 0 unspecified atom stereocenters. The topological polar surface area (TPSA) is 18.5 Å². The molecule has 0 bridgehead atoms. The minimum absolute atomic E-state index is 0.199. The Morgan fingerprint density at radius 2 is 1.79 bits per heavy atom. The molecule has 3 aromatic rings. The maximum Gasteiger partial charge on any atom is 0.138 e. The van der Waals surface area contributed by atoms with E-state index in [2.05, 4.69) is 6.07 Å². The fourth-order valence-electron chi connectivity index (χ4n) is 2.42. The molecule has 0 fully saturated rings. The Balaban J connectivity index is 1.99. The highest BCUT2D eigenvalue weighted by Crippen LogP contribution is 2.38. The number of benzene rings is 3. The number of ether oxygens (including phenoxy) is 2. The van der Waals surface area contributed by atoms with Crippen molar-refractivity contribution in [2.24, 2.45) is 0 Å². The van der Waals surface area contributed by atoms with Crippen molar-refractivity contribution in [1.82, 2.24) is 0 Å². The molecule has 0 aliphatic carbocycles. The Bertz CT molecular complexity index is 832. The second kappa shape index (κ2) is 7.13. The minimum Gasteiger partial charge on any atom is -0.496 e. The van der Waals surface area contributed by atoms with Crippen LogP contribution in [0.15, 0.2) is 60.7 Å². The van der Waals surface area contributed by atoms with Gasteiger partial charge in [-0.2, -0.15) is 0 Å². The van der Waals surface area contributed by atoms with Gasteiger partial charge in [-0.25, -0.2) is 8.78 Å². The molecule has 0 spiro atoms. The van der Waals surface area contributed by atoms with Crippen molar-refractivity contribution >= 4 is 0 Å². The van der Waals surface area contributed by atoms with Gasteiger partial charge in [0.1, 0.15) is 29.7 Å². The highest BCUT2D eigenvalue weighted by atomic mass is 19.1. The molecule has 0 saturated carbocycles. The highest BCUT2D eigenvalue weighted by molar-refractivity contribution is 5.76. The molecule has 0 N–H and O–H groups in total. The van der Waals surface area contributed by atoms with Crippen LogP contribution in [0.1, 0.15) is 5.56 Å². The van der Waals surface area contributed by atoms with Crippen LogP contribution < -0.4 is 9.47 Å². The summed E-state index contributed by atoms with van der Waals surface area (Å²) in [7, 11) is 1.41. The Morgan fingerprint density at radius 1 is 1.00 bits per heavy atom. The van der Waals surface area contributed by atoms with Gasteiger partial charge in [0.25, 0.3) is 0 Å². The molecule has 0 atom stereocenters. The van der Waals surface area contributed by atoms with Gasteiger partial charge in [0.15, 0.2) is 0 Å². The standard InChI is InChI=1S/C20H15F2O2/c1-23-19-12-15(21)10-11-16(19)20-17(22)8-5-9-18(20)24-13-14-6-3-2-4-7-14/h2-8,10-12H,13H2,1H3. The number of methoxy groups -OCH3 is 1. The third kappa shape index (κ3) is 3.38. The van der Waals surface area contributed by atoms with Crippen LogP contribution in [0.4, 0.5) is 8.78 Å². The average molecular weight is 325 g/mol. The third-order valence-electron chi connectivity index (χ3n) is 3.57. The van der Waals surface area contributed by atoms with E-state index in [-0.39, 0.29) is 23.7 Å². The summed E-state index contributed by atoms with van der Waals surface area (Å²) in [5.41, 5.74) is 1.56. The second-order valence-electron chi connectivity index (χ2n) is 5.15. The summed E-state index contributed by atoms with van der Waals surface area (Å²) in [6, 6.07) is 19.1. The summed E-state index contributed by atoms with van der Waals surface area (Å²) in [6.45, 7) is 0.275. The summed E-state index contributed by atoms with van der Waals surface area (Å²) >= 11 is 0. The van der Waals surface area contributed by atoms with Crippen molar-refractivity contribution in [1.29, 1.82) is 0 Å². The predicted octanol–water partition coefficient (Wildman–Crippen LogP) is 5.02. The summed E-state index contributed by atoms with van der Waals surface area (Å²) in [5, 5.41) is 0. The molecule has 24 heavy (non-hydrogen) atoms. The Hall–Kier alpha value is -2.88. The SMILES string of the molecule is COc1cc(F)ccc1-c1c(OCc2ccccc2)[c]ccc1F. The zero-order valence-corrected chi connectivity index (χ0v) is 13.1. The van der Waals surface area contributed by atoms with Gasteiger partial charge >= 0.3 is 0 Å². The summed E-state index contributed by atoms with van der Waals surface area (Å²) in [5.74, 6) is -0.453. The fraction of sp³-hybridized carbons (Fsp3) is 0.100. The first-order chi connectivity index (χ1) is 11.7. The predicted molar refractivity (Wildman–Crippen MR) is 88.0 cm³/mol. The van der Waals surface area contributed by atoms with Gasteiger partial charge in [-0.3, -0.25) is 0 Å². The second-order valence-corrected chi connectivity index (χ2v) is 5.15. The van der Waals surface area contributed by atoms with E-state index < -0.39 is 11.6 Å². The van der Waals surface area contributed by atoms with Gasteiger partial charge in [0, 0.05) is 17.7 Å². The van der Waals surface area contributed by atoms with Crippen LogP contribution in [0.5, 0.6) is 11.5 Å². The molecule has 0 aliphatic heterocycles. The maximum absolute atomic E-state index is 14.4. The third-order valence-corrected chi connectivity index (χ3v) is 3.57. The largest absolute Gasteiger partial charge is 0.496 e. The molecule has 1 radical (unpaired) electrons. The zero-order chi connectivity index (χ0) is 16.9. The monoisotopic (exact) mass is 325 g/mol. The molecule has 0 saturated heterocycles. The first kappa shape index (κ1) is 16.0. The molecule has 4 heteroatoms. The van der Waals surface area contributed by atoms with Crippen molar-refractivity contribution in [3.8, 4) is 22.6 Å².